The number of aliphatic hydroxyl groups excluding tert-OH is 1. The number of hydrogen-bond donors (Lipinski definition) is 1. The van der Waals surface area contributed by atoms with Crippen molar-refractivity contribution in [3.63, 3.8) is 0 Å². The predicted molar refractivity (Wildman–Crippen MR) is 63.5 cm³/mol. The summed E-state index contributed by atoms with van der Waals surface area (Å²) in [6.45, 7) is 2.33. The van der Waals surface area contributed by atoms with E-state index in [9.17, 15) is 0 Å². The van der Waals surface area contributed by atoms with E-state index in [4.69, 9.17) is 5.11 Å². The SMILES string of the molecule is CCc1nn(C)c(CSCCO)c1Br. The molecule has 1 rings (SSSR count). The van der Waals surface area contributed by atoms with E-state index < -0.39 is 0 Å². The lowest BCUT2D eigenvalue weighted by atomic mass is 10.3. The Hall–Kier alpha value is -0.0000000000000000555. The zero-order chi connectivity index (χ0) is 10.6. The first-order chi connectivity index (χ1) is 6.70. The maximum Gasteiger partial charge on any atom is 0.0767 e. The Labute approximate surface area is 97.0 Å². The minimum atomic E-state index is 0.237. The molecule has 0 atom stereocenters. The molecule has 1 N–H and O–H groups in total. The highest BCUT2D eigenvalue weighted by Crippen LogP contribution is 2.25. The molecule has 0 saturated heterocycles. The summed E-state index contributed by atoms with van der Waals surface area (Å²) < 4.78 is 3.03. The van der Waals surface area contributed by atoms with Crippen molar-refractivity contribution in [2.45, 2.75) is 19.1 Å². The fourth-order valence-corrected chi connectivity index (χ4v) is 2.95. The molecule has 1 aromatic rings. The van der Waals surface area contributed by atoms with E-state index in [0.717, 1.165) is 28.1 Å². The van der Waals surface area contributed by atoms with Crippen LogP contribution in [-0.4, -0.2) is 27.2 Å². The molecular weight excluding hydrogens is 264 g/mol. The first-order valence-electron chi connectivity index (χ1n) is 4.59. The fourth-order valence-electron chi connectivity index (χ4n) is 1.21. The minimum absolute atomic E-state index is 0.237. The van der Waals surface area contributed by atoms with Gasteiger partial charge in [-0.05, 0) is 22.4 Å². The largest absolute Gasteiger partial charge is 0.396 e. The van der Waals surface area contributed by atoms with Crippen LogP contribution in [0.15, 0.2) is 4.47 Å². The van der Waals surface area contributed by atoms with Crippen molar-refractivity contribution in [1.29, 1.82) is 0 Å². The van der Waals surface area contributed by atoms with E-state index >= 15 is 0 Å². The van der Waals surface area contributed by atoms with Crippen LogP contribution in [0.3, 0.4) is 0 Å². The topological polar surface area (TPSA) is 38.0 Å². The third-order valence-corrected chi connectivity index (χ3v) is 3.84. The molecule has 0 unspecified atom stereocenters. The van der Waals surface area contributed by atoms with Crippen molar-refractivity contribution in [1.82, 2.24) is 9.78 Å². The Morgan fingerprint density at radius 1 is 1.57 bits per heavy atom. The third kappa shape index (κ3) is 2.74. The number of thioether (sulfide) groups is 1. The van der Waals surface area contributed by atoms with Crippen molar-refractivity contribution in [3.8, 4) is 0 Å². The van der Waals surface area contributed by atoms with E-state index in [2.05, 4.69) is 28.0 Å². The van der Waals surface area contributed by atoms with Gasteiger partial charge in [0.2, 0.25) is 0 Å². The van der Waals surface area contributed by atoms with E-state index in [-0.39, 0.29) is 6.61 Å². The van der Waals surface area contributed by atoms with Crippen LogP contribution in [0.1, 0.15) is 18.3 Å². The first-order valence-corrected chi connectivity index (χ1v) is 6.54. The van der Waals surface area contributed by atoms with Gasteiger partial charge in [-0.1, -0.05) is 6.92 Å². The summed E-state index contributed by atoms with van der Waals surface area (Å²) in [5, 5.41) is 13.1. The van der Waals surface area contributed by atoms with Gasteiger partial charge >= 0.3 is 0 Å². The number of aliphatic hydroxyl groups is 1. The number of rotatable bonds is 5. The molecule has 80 valence electrons. The van der Waals surface area contributed by atoms with Crippen molar-refractivity contribution in [3.05, 3.63) is 15.9 Å². The quantitative estimate of drug-likeness (QED) is 0.837. The van der Waals surface area contributed by atoms with Crippen molar-refractivity contribution in [2.24, 2.45) is 7.05 Å². The van der Waals surface area contributed by atoms with Gasteiger partial charge in [0.1, 0.15) is 0 Å². The van der Waals surface area contributed by atoms with Gasteiger partial charge in [-0.15, -0.1) is 0 Å². The van der Waals surface area contributed by atoms with Gasteiger partial charge in [-0.3, -0.25) is 4.68 Å². The number of nitrogens with zero attached hydrogens (tertiary/aromatic N) is 2. The lowest BCUT2D eigenvalue weighted by Gasteiger charge is -2.01. The molecule has 0 fully saturated rings. The Kier molecular flexibility index (Phi) is 4.98. The highest BCUT2D eigenvalue weighted by Gasteiger charge is 2.11. The fraction of sp³-hybridized carbons (Fsp3) is 0.667. The first kappa shape index (κ1) is 12.1. The van der Waals surface area contributed by atoms with Crippen LogP contribution < -0.4 is 0 Å². The second-order valence-corrected chi connectivity index (χ2v) is 4.86. The van der Waals surface area contributed by atoms with Crippen LogP contribution in [0.25, 0.3) is 0 Å². The second-order valence-electron chi connectivity index (χ2n) is 2.96. The molecule has 1 heterocycles. The number of aryl methyl sites for hydroxylation is 2. The maximum atomic E-state index is 8.68. The molecule has 3 nitrogen and oxygen atoms in total. The van der Waals surface area contributed by atoms with Crippen molar-refractivity contribution < 1.29 is 5.11 Å². The van der Waals surface area contributed by atoms with E-state index in [1.807, 2.05) is 11.7 Å². The van der Waals surface area contributed by atoms with Gasteiger partial charge in [0, 0.05) is 18.6 Å². The van der Waals surface area contributed by atoms with Crippen LogP contribution in [0.4, 0.5) is 0 Å². The van der Waals surface area contributed by atoms with Gasteiger partial charge in [0.25, 0.3) is 0 Å². The molecular formula is C9H15BrN2OS. The highest BCUT2D eigenvalue weighted by molar-refractivity contribution is 9.10. The molecule has 14 heavy (non-hydrogen) atoms. The van der Waals surface area contributed by atoms with Crippen molar-refractivity contribution in [2.75, 3.05) is 12.4 Å². The molecule has 0 radical (unpaired) electrons. The molecule has 0 amide bonds. The maximum absolute atomic E-state index is 8.68. The van der Waals surface area contributed by atoms with E-state index in [0.29, 0.717) is 0 Å². The average molecular weight is 279 g/mol. The Morgan fingerprint density at radius 3 is 2.79 bits per heavy atom. The molecule has 0 spiro atoms. The highest BCUT2D eigenvalue weighted by atomic mass is 79.9. The molecule has 1 aromatic heterocycles. The van der Waals surface area contributed by atoms with Crippen LogP contribution >= 0.6 is 27.7 Å². The summed E-state index contributed by atoms with van der Waals surface area (Å²) in [6, 6.07) is 0. The minimum Gasteiger partial charge on any atom is -0.396 e. The summed E-state index contributed by atoms with van der Waals surface area (Å²) >= 11 is 5.27. The molecule has 0 saturated carbocycles. The summed E-state index contributed by atoms with van der Waals surface area (Å²) in [4.78, 5) is 0. The van der Waals surface area contributed by atoms with Gasteiger partial charge < -0.3 is 5.11 Å². The molecule has 0 aliphatic carbocycles. The van der Waals surface area contributed by atoms with E-state index in [1.54, 1.807) is 11.8 Å². The number of halogens is 1. The molecule has 0 aromatic carbocycles. The smallest absolute Gasteiger partial charge is 0.0767 e. The molecule has 0 aliphatic heterocycles. The second kappa shape index (κ2) is 5.78. The number of hydrogen-bond acceptors (Lipinski definition) is 3. The zero-order valence-electron chi connectivity index (χ0n) is 8.46. The van der Waals surface area contributed by atoms with Crippen molar-refractivity contribution >= 4 is 27.7 Å². The van der Waals surface area contributed by atoms with Crippen LogP contribution in [0.5, 0.6) is 0 Å². The molecule has 0 aliphatic rings. The summed E-state index contributed by atoms with van der Waals surface area (Å²) in [5.41, 5.74) is 2.30. The van der Waals surface area contributed by atoms with Crippen LogP contribution in [-0.2, 0) is 19.2 Å². The third-order valence-electron chi connectivity index (χ3n) is 1.98. The normalized spacial score (nSPS) is 10.9. The average Bonchev–Trinajstić information content (AvgIpc) is 2.45. The molecule has 5 heteroatoms. The van der Waals surface area contributed by atoms with Gasteiger partial charge in [-0.2, -0.15) is 16.9 Å². The monoisotopic (exact) mass is 278 g/mol. The van der Waals surface area contributed by atoms with Crippen LogP contribution in [0.2, 0.25) is 0 Å². The molecule has 0 bridgehead atoms. The Morgan fingerprint density at radius 2 is 2.29 bits per heavy atom. The number of aromatic nitrogens is 2. The lowest BCUT2D eigenvalue weighted by Crippen LogP contribution is -1.98. The van der Waals surface area contributed by atoms with Gasteiger partial charge in [-0.25, -0.2) is 0 Å². The van der Waals surface area contributed by atoms with Crippen LogP contribution in [0, 0.1) is 0 Å². The Bertz CT molecular complexity index is 301. The predicted octanol–water partition coefficient (Wildman–Crippen LogP) is 1.97. The Balaban J connectivity index is 2.70. The lowest BCUT2D eigenvalue weighted by molar-refractivity contribution is 0.322. The van der Waals surface area contributed by atoms with Gasteiger partial charge in [0.15, 0.2) is 0 Å². The standard InChI is InChI=1S/C9H15BrN2OS/c1-3-7-9(10)8(12(2)11-7)6-14-5-4-13/h13H,3-6H2,1-2H3. The summed E-state index contributed by atoms with van der Waals surface area (Å²) in [7, 11) is 1.96. The summed E-state index contributed by atoms with van der Waals surface area (Å²) in [6.07, 6.45) is 0.944. The zero-order valence-corrected chi connectivity index (χ0v) is 10.9. The van der Waals surface area contributed by atoms with E-state index in [1.165, 1.54) is 5.69 Å². The van der Waals surface area contributed by atoms with Gasteiger partial charge in [0.05, 0.1) is 22.5 Å². The summed E-state index contributed by atoms with van der Waals surface area (Å²) in [5.74, 6) is 1.67.